The minimum absolute atomic E-state index is 0.339. The van der Waals surface area contributed by atoms with Crippen LogP contribution in [0.3, 0.4) is 0 Å². The molecule has 8 heteroatoms. The van der Waals surface area contributed by atoms with E-state index < -0.39 is 5.69 Å². The van der Waals surface area contributed by atoms with Gasteiger partial charge in [0.2, 0.25) is 5.82 Å². The predicted molar refractivity (Wildman–Crippen MR) is 77.0 cm³/mol. The lowest BCUT2D eigenvalue weighted by Crippen LogP contribution is -2.53. The lowest BCUT2D eigenvalue weighted by Gasteiger charge is -2.37. The van der Waals surface area contributed by atoms with Crippen molar-refractivity contribution in [1.82, 2.24) is 19.2 Å². The molecule has 1 atom stereocenters. The molecule has 0 radical (unpaired) electrons. The molecule has 2 heterocycles. The summed E-state index contributed by atoms with van der Waals surface area (Å²) in [5.41, 5.74) is 4.92. The molecule has 0 spiro atoms. The Labute approximate surface area is 117 Å². The second-order valence-corrected chi connectivity index (χ2v) is 5.20. The summed E-state index contributed by atoms with van der Waals surface area (Å²) in [5, 5.41) is 4.10. The third kappa shape index (κ3) is 2.61. The molecule has 2 N–H and O–H groups in total. The third-order valence-corrected chi connectivity index (χ3v) is 3.88. The highest BCUT2D eigenvalue weighted by molar-refractivity contribution is 5.35. The molecule has 1 unspecified atom stereocenters. The van der Waals surface area contributed by atoms with Crippen LogP contribution < -0.4 is 21.9 Å². The van der Waals surface area contributed by atoms with Crippen molar-refractivity contribution in [1.29, 1.82) is 0 Å². The number of nitrogens with two attached hydrogens (primary N) is 1. The average molecular weight is 282 g/mol. The van der Waals surface area contributed by atoms with Crippen molar-refractivity contribution in [3.8, 4) is 0 Å². The standard InChI is InChI=1S/C12H22N6O2/c1-9(8-13)17-4-6-18(7-5-17)10-11(19)15(2)12(20)16(3)14-10/h9H,4-8,13H2,1-3H3. The summed E-state index contributed by atoms with van der Waals surface area (Å²) in [7, 11) is 3.03. The van der Waals surface area contributed by atoms with Crippen molar-refractivity contribution in [3.63, 3.8) is 0 Å². The molecule has 0 aromatic carbocycles. The van der Waals surface area contributed by atoms with Gasteiger partial charge in [-0.25, -0.2) is 9.48 Å². The number of piperazine rings is 1. The maximum Gasteiger partial charge on any atom is 0.346 e. The Morgan fingerprint density at radius 3 is 2.35 bits per heavy atom. The van der Waals surface area contributed by atoms with Crippen molar-refractivity contribution in [3.05, 3.63) is 20.8 Å². The third-order valence-electron chi connectivity index (χ3n) is 3.88. The van der Waals surface area contributed by atoms with Crippen LogP contribution >= 0.6 is 0 Å². The van der Waals surface area contributed by atoms with E-state index in [2.05, 4.69) is 16.9 Å². The highest BCUT2D eigenvalue weighted by Gasteiger charge is 2.23. The summed E-state index contributed by atoms with van der Waals surface area (Å²) in [4.78, 5) is 28.0. The fourth-order valence-electron chi connectivity index (χ4n) is 2.40. The first-order chi connectivity index (χ1) is 9.45. The maximum absolute atomic E-state index is 12.1. The van der Waals surface area contributed by atoms with Crippen LogP contribution in [0.2, 0.25) is 0 Å². The van der Waals surface area contributed by atoms with Crippen LogP contribution in [0.5, 0.6) is 0 Å². The highest BCUT2D eigenvalue weighted by atomic mass is 16.2. The van der Waals surface area contributed by atoms with Crippen molar-refractivity contribution >= 4 is 5.82 Å². The van der Waals surface area contributed by atoms with E-state index >= 15 is 0 Å². The summed E-state index contributed by atoms with van der Waals surface area (Å²) in [5.74, 6) is 0.342. The van der Waals surface area contributed by atoms with Gasteiger partial charge in [0.1, 0.15) is 0 Å². The molecule has 0 saturated carbocycles. The number of aromatic nitrogens is 3. The number of hydrogen-bond acceptors (Lipinski definition) is 6. The molecule has 112 valence electrons. The quantitative estimate of drug-likeness (QED) is 0.686. The van der Waals surface area contributed by atoms with Crippen LogP contribution in [-0.4, -0.2) is 58.0 Å². The SMILES string of the molecule is CC(CN)N1CCN(c2nn(C)c(=O)n(C)c2=O)CC1. The minimum Gasteiger partial charge on any atom is -0.348 e. The first-order valence-electron chi connectivity index (χ1n) is 6.79. The monoisotopic (exact) mass is 282 g/mol. The molecular weight excluding hydrogens is 260 g/mol. The first-order valence-corrected chi connectivity index (χ1v) is 6.79. The van der Waals surface area contributed by atoms with Gasteiger partial charge in [0.05, 0.1) is 0 Å². The molecule has 0 bridgehead atoms. The fourth-order valence-corrected chi connectivity index (χ4v) is 2.40. The number of nitrogens with zero attached hydrogens (tertiary/aromatic N) is 5. The normalized spacial score (nSPS) is 18.3. The summed E-state index contributed by atoms with van der Waals surface area (Å²) in [6, 6.07) is 0.341. The first kappa shape index (κ1) is 14.7. The van der Waals surface area contributed by atoms with Crippen molar-refractivity contribution in [2.45, 2.75) is 13.0 Å². The Morgan fingerprint density at radius 2 is 1.80 bits per heavy atom. The molecule has 0 aliphatic carbocycles. The van der Waals surface area contributed by atoms with Gasteiger partial charge >= 0.3 is 5.69 Å². The van der Waals surface area contributed by atoms with E-state index in [4.69, 9.17) is 5.73 Å². The summed E-state index contributed by atoms with van der Waals surface area (Å²) < 4.78 is 2.29. The van der Waals surface area contributed by atoms with Gasteiger partial charge in [-0.1, -0.05) is 0 Å². The Morgan fingerprint density at radius 1 is 1.20 bits per heavy atom. The lowest BCUT2D eigenvalue weighted by molar-refractivity contribution is 0.200. The summed E-state index contributed by atoms with van der Waals surface area (Å²) in [6.07, 6.45) is 0. The van der Waals surface area contributed by atoms with Gasteiger partial charge in [0, 0.05) is 52.9 Å². The second-order valence-electron chi connectivity index (χ2n) is 5.20. The molecule has 20 heavy (non-hydrogen) atoms. The zero-order chi connectivity index (χ0) is 14.9. The van der Waals surface area contributed by atoms with Crippen LogP contribution in [0.15, 0.2) is 9.59 Å². The number of hydrogen-bond donors (Lipinski definition) is 1. The number of aryl methyl sites for hydroxylation is 1. The van der Waals surface area contributed by atoms with E-state index in [9.17, 15) is 9.59 Å². The van der Waals surface area contributed by atoms with Gasteiger partial charge < -0.3 is 10.6 Å². The maximum atomic E-state index is 12.1. The Hall–Kier alpha value is -1.67. The number of rotatable bonds is 3. The van der Waals surface area contributed by atoms with Gasteiger partial charge in [-0.2, -0.15) is 0 Å². The van der Waals surface area contributed by atoms with Gasteiger partial charge in [-0.3, -0.25) is 14.3 Å². The molecule has 1 fully saturated rings. The molecule has 0 amide bonds. The smallest absolute Gasteiger partial charge is 0.346 e. The van der Waals surface area contributed by atoms with Crippen LogP contribution in [0, 0.1) is 0 Å². The Bertz CT molecular complexity index is 585. The van der Waals surface area contributed by atoms with E-state index in [1.54, 1.807) is 7.05 Å². The van der Waals surface area contributed by atoms with E-state index in [0.29, 0.717) is 31.5 Å². The molecule has 8 nitrogen and oxygen atoms in total. The summed E-state index contributed by atoms with van der Waals surface area (Å²) >= 11 is 0. The van der Waals surface area contributed by atoms with Gasteiger partial charge in [0.25, 0.3) is 5.56 Å². The minimum atomic E-state index is -0.408. The van der Waals surface area contributed by atoms with E-state index in [-0.39, 0.29) is 5.56 Å². The topological polar surface area (TPSA) is 89.4 Å². The van der Waals surface area contributed by atoms with Crippen LogP contribution in [0.1, 0.15) is 6.92 Å². The molecular formula is C12H22N6O2. The van der Waals surface area contributed by atoms with Gasteiger partial charge in [-0.05, 0) is 6.92 Å². The van der Waals surface area contributed by atoms with Crippen LogP contribution in [0.4, 0.5) is 5.82 Å². The van der Waals surface area contributed by atoms with Gasteiger partial charge in [0.15, 0.2) is 0 Å². The molecule has 1 aliphatic heterocycles. The zero-order valence-corrected chi connectivity index (χ0v) is 12.2. The predicted octanol–water partition coefficient (Wildman–Crippen LogP) is -2.05. The Kier molecular flexibility index (Phi) is 4.24. The highest BCUT2D eigenvalue weighted by Crippen LogP contribution is 2.09. The summed E-state index contributed by atoms with van der Waals surface area (Å²) in [6.45, 7) is 5.83. The fraction of sp³-hybridized carbons (Fsp3) is 0.750. The van der Waals surface area contributed by atoms with E-state index in [1.165, 1.54) is 11.7 Å². The molecule has 1 aromatic heterocycles. The average Bonchev–Trinajstić information content (AvgIpc) is 2.48. The van der Waals surface area contributed by atoms with Crippen molar-refractivity contribution in [2.75, 3.05) is 37.6 Å². The van der Waals surface area contributed by atoms with Crippen LogP contribution in [0.25, 0.3) is 0 Å². The van der Waals surface area contributed by atoms with E-state index in [1.807, 2.05) is 4.90 Å². The molecule has 1 aliphatic rings. The zero-order valence-electron chi connectivity index (χ0n) is 12.2. The van der Waals surface area contributed by atoms with Crippen molar-refractivity contribution < 1.29 is 0 Å². The molecule has 1 aromatic rings. The lowest BCUT2D eigenvalue weighted by atomic mass is 10.2. The van der Waals surface area contributed by atoms with E-state index in [0.717, 1.165) is 17.7 Å². The second kappa shape index (κ2) is 5.76. The Balaban J connectivity index is 2.20. The van der Waals surface area contributed by atoms with Crippen molar-refractivity contribution in [2.24, 2.45) is 19.8 Å². The largest absolute Gasteiger partial charge is 0.348 e. The molecule has 1 saturated heterocycles. The van der Waals surface area contributed by atoms with Gasteiger partial charge in [-0.15, -0.1) is 5.10 Å². The molecule has 2 rings (SSSR count). The van der Waals surface area contributed by atoms with Crippen LogP contribution in [-0.2, 0) is 14.1 Å². The number of anilines is 1.